The van der Waals surface area contributed by atoms with Crippen molar-refractivity contribution in [3.8, 4) is 0 Å². The van der Waals surface area contributed by atoms with Crippen molar-refractivity contribution >= 4 is 5.18 Å². The summed E-state index contributed by atoms with van der Waals surface area (Å²) in [5.41, 5.74) is 0. The average molecular weight is 117 g/mol. The van der Waals surface area contributed by atoms with Crippen LogP contribution in [0.1, 0.15) is 0 Å². The zero-order valence-electron chi connectivity index (χ0n) is 2.79. The predicted molar refractivity (Wildman–Crippen MR) is 14.9 cm³/mol. The van der Waals surface area contributed by atoms with E-state index in [1.165, 1.54) is 0 Å². The van der Waals surface area contributed by atoms with Gasteiger partial charge < -0.3 is 5.11 Å². The Morgan fingerprint density at radius 3 is 1.80 bits per heavy atom. The first-order valence-electron chi connectivity index (χ1n) is 0.887. The summed E-state index contributed by atoms with van der Waals surface area (Å²) in [6.45, 7) is 0. The fourth-order valence-electron chi connectivity index (χ4n) is 0. The number of rotatable bonds is 0. The summed E-state index contributed by atoms with van der Waals surface area (Å²) < 4.78 is 0. The molecular weight excluding hydrogens is 112 g/mol. The van der Waals surface area contributed by atoms with E-state index in [2.05, 4.69) is 16.0 Å². The Bertz CT molecular complexity index is 15.1. The van der Waals surface area contributed by atoms with Gasteiger partial charge in [0, 0.05) is 7.11 Å². The molecule has 0 aliphatic rings. The Kier molecular flexibility index (Phi) is 55.7. The van der Waals surface area contributed by atoms with Gasteiger partial charge in [-0.05, 0) is 0 Å². The Balaban J connectivity index is 0. The summed E-state index contributed by atoms with van der Waals surface area (Å²) in [7, 11) is 1.00. The molecule has 0 aromatic carbocycles. The van der Waals surface area contributed by atoms with Gasteiger partial charge in [-0.2, -0.15) is 0 Å². The third-order valence-electron chi connectivity index (χ3n) is 0. The van der Waals surface area contributed by atoms with Crippen LogP contribution in [0.15, 0.2) is 0 Å². The number of hydrogen-bond donors (Lipinski definition) is 1. The fourth-order valence-corrected chi connectivity index (χ4v) is 0. The average Bonchev–Trinajstić information content (AvgIpc) is 1.46. The molecule has 0 aliphatic carbocycles. The first-order chi connectivity index (χ1) is 2.41. The molecule has 2 nitrogen and oxygen atoms in total. The second-order valence-electron chi connectivity index (χ2n) is 0.0833. The van der Waals surface area contributed by atoms with Crippen LogP contribution in [0.4, 0.5) is 0 Å². The van der Waals surface area contributed by atoms with Gasteiger partial charge in [-0.1, -0.05) is 0 Å². The molecule has 0 saturated heterocycles. The molecule has 0 aliphatic heterocycles. The Morgan fingerprint density at radius 2 is 1.80 bits per heavy atom. The van der Waals surface area contributed by atoms with Gasteiger partial charge in [0.2, 0.25) is 0 Å². The molecule has 0 heterocycles. The van der Waals surface area contributed by atoms with Crippen molar-refractivity contribution in [1.82, 2.24) is 0 Å². The maximum absolute atomic E-state index is 8.69. The van der Waals surface area contributed by atoms with Crippen molar-refractivity contribution in [2.45, 2.75) is 0 Å². The molecule has 0 saturated carbocycles. The second-order valence-corrected chi connectivity index (χ2v) is 0.344. The van der Waals surface area contributed by atoms with Gasteiger partial charge in [0.15, 0.2) is 0 Å². The van der Waals surface area contributed by atoms with Crippen molar-refractivity contribution in [3.63, 3.8) is 0 Å². The van der Waals surface area contributed by atoms with Crippen LogP contribution in [0.25, 0.3) is 0 Å². The minimum atomic E-state index is 0.500. The first kappa shape index (κ1) is 8.94. The van der Waals surface area contributed by atoms with Crippen molar-refractivity contribution in [1.29, 1.82) is 0 Å². The zero-order valence-corrected chi connectivity index (χ0v) is 3.89. The van der Waals surface area contributed by atoms with E-state index in [1.807, 2.05) is 0 Å². The van der Waals surface area contributed by atoms with E-state index >= 15 is 0 Å². The Labute approximate surface area is 39.0 Å². The molecule has 5 heavy (non-hydrogen) atoms. The predicted octanol–water partition coefficient (Wildman–Crippen LogP) is -0.668. The number of carbonyl (C=O) groups is 1. The first-order valence-corrected chi connectivity index (χ1v) is 1.52. The van der Waals surface area contributed by atoms with Crippen molar-refractivity contribution < 1.29 is 25.9 Å². The minimum absolute atomic E-state index is 0.500. The molecule has 3 heteroatoms. The van der Waals surface area contributed by atoms with E-state index in [9.17, 15) is 0 Å². The molecule has 0 unspecified atom stereocenters. The zero-order chi connectivity index (χ0) is 4.71. The summed E-state index contributed by atoms with van der Waals surface area (Å²) in [5, 5.41) is 7.50. The maximum atomic E-state index is 8.69. The molecule has 1 N–H and O–H groups in total. The molecule has 0 fully saturated rings. The van der Waals surface area contributed by atoms with Crippen LogP contribution >= 0.6 is 0 Å². The van der Waals surface area contributed by atoms with Gasteiger partial charge in [-0.25, -0.2) is 0 Å². The second kappa shape index (κ2) is 31.2. The number of aliphatic hydroxyl groups excluding tert-OH is 1. The summed E-state index contributed by atoms with van der Waals surface area (Å²) >= 11 is 2.81. The van der Waals surface area contributed by atoms with E-state index in [0.29, 0.717) is 5.18 Å². The normalized spacial score (nSPS) is 3.80. The van der Waals surface area contributed by atoms with Crippen LogP contribution in [0.5, 0.6) is 0 Å². The van der Waals surface area contributed by atoms with Crippen LogP contribution in [-0.4, -0.2) is 17.4 Å². The molecule has 0 radical (unpaired) electrons. The van der Waals surface area contributed by atoms with Crippen LogP contribution < -0.4 is 0 Å². The van der Waals surface area contributed by atoms with Crippen molar-refractivity contribution in [2.24, 2.45) is 0 Å². The molecule has 33 valence electrons. The van der Waals surface area contributed by atoms with Gasteiger partial charge in [-0.3, -0.25) is 0 Å². The third-order valence-corrected chi connectivity index (χ3v) is 0. The fraction of sp³-hybridized carbons (Fsp3) is 0.500. The van der Waals surface area contributed by atoms with E-state index < -0.39 is 0 Å². The van der Waals surface area contributed by atoms with E-state index in [1.54, 1.807) is 0 Å². The van der Waals surface area contributed by atoms with Gasteiger partial charge in [0.1, 0.15) is 0 Å². The molecular formula is C2H5FeO2. The Morgan fingerprint density at radius 1 is 1.80 bits per heavy atom. The van der Waals surface area contributed by atoms with Gasteiger partial charge in [-0.15, -0.1) is 0 Å². The van der Waals surface area contributed by atoms with Crippen LogP contribution in [0.2, 0.25) is 0 Å². The van der Waals surface area contributed by atoms with E-state index in [4.69, 9.17) is 9.90 Å². The third kappa shape index (κ3) is 858. The molecule has 0 atom stereocenters. The summed E-state index contributed by atoms with van der Waals surface area (Å²) in [4.78, 5) is 8.69. The van der Waals surface area contributed by atoms with Crippen LogP contribution in [0, 0.1) is 0 Å². The van der Waals surface area contributed by atoms with Gasteiger partial charge in [0.25, 0.3) is 0 Å². The number of carbonyl (C=O) groups excluding carboxylic acids is 1. The molecule has 0 amide bonds. The summed E-state index contributed by atoms with van der Waals surface area (Å²) in [5.74, 6) is 0. The topological polar surface area (TPSA) is 37.3 Å². The molecule has 0 aromatic heterocycles. The monoisotopic (exact) mass is 117 g/mol. The molecule has 0 rings (SSSR count). The van der Waals surface area contributed by atoms with Crippen molar-refractivity contribution in [3.05, 3.63) is 0 Å². The number of aliphatic hydroxyl groups is 1. The summed E-state index contributed by atoms with van der Waals surface area (Å²) in [6.07, 6.45) is 0. The molecule has 0 bridgehead atoms. The van der Waals surface area contributed by atoms with Gasteiger partial charge in [0.05, 0.1) is 0 Å². The van der Waals surface area contributed by atoms with E-state index in [0.717, 1.165) is 7.11 Å². The van der Waals surface area contributed by atoms with Gasteiger partial charge >= 0.3 is 26.0 Å². The quantitative estimate of drug-likeness (QED) is 0.337. The van der Waals surface area contributed by atoms with Crippen molar-refractivity contribution in [2.75, 3.05) is 7.11 Å². The number of hydrogen-bond acceptors (Lipinski definition) is 2. The molecule has 0 spiro atoms. The van der Waals surface area contributed by atoms with E-state index in [-0.39, 0.29) is 0 Å². The SMILES string of the molecule is CO.O=[CH][Fe]. The summed E-state index contributed by atoms with van der Waals surface area (Å²) in [6, 6.07) is 0. The molecule has 0 aromatic rings. The van der Waals surface area contributed by atoms with Crippen LogP contribution in [-0.2, 0) is 20.8 Å². The standard InChI is InChI=1S/CH4O.CHO.Fe/c2*1-2;/h2H,1H3;1H;. The van der Waals surface area contributed by atoms with Crippen LogP contribution in [0.3, 0.4) is 0 Å². The Hall–Kier alpha value is 0.149.